The van der Waals surface area contributed by atoms with Crippen LogP contribution < -0.4 is 4.74 Å². The largest absolute Gasteiger partial charge is 0.492 e. The van der Waals surface area contributed by atoms with Crippen molar-refractivity contribution in [2.75, 3.05) is 6.61 Å². The highest BCUT2D eigenvalue weighted by molar-refractivity contribution is 9.10. The summed E-state index contributed by atoms with van der Waals surface area (Å²) in [5.41, 5.74) is 1.83. The second-order valence-corrected chi connectivity index (χ2v) is 5.18. The first kappa shape index (κ1) is 12.2. The lowest BCUT2D eigenvalue weighted by Gasteiger charge is -2.07. The highest BCUT2D eigenvalue weighted by Gasteiger charge is 2.04. The van der Waals surface area contributed by atoms with Crippen molar-refractivity contribution in [2.45, 2.75) is 6.42 Å². The van der Waals surface area contributed by atoms with E-state index in [1.54, 1.807) is 17.4 Å². The molecule has 0 aliphatic rings. The van der Waals surface area contributed by atoms with Gasteiger partial charge < -0.3 is 4.74 Å². The van der Waals surface area contributed by atoms with Crippen LogP contribution in [-0.2, 0) is 6.42 Å². The van der Waals surface area contributed by atoms with Crippen LogP contribution >= 0.6 is 27.3 Å². The summed E-state index contributed by atoms with van der Waals surface area (Å²) >= 11 is 5.01. The van der Waals surface area contributed by atoms with E-state index in [1.807, 2.05) is 12.1 Å². The van der Waals surface area contributed by atoms with Crippen LogP contribution in [0.5, 0.6) is 5.75 Å². The summed E-state index contributed by atoms with van der Waals surface area (Å²) in [5, 5.41) is 13.1. The molecule has 1 aromatic carbocycles. The van der Waals surface area contributed by atoms with Gasteiger partial charge >= 0.3 is 0 Å². The summed E-state index contributed by atoms with van der Waals surface area (Å²) in [4.78, 5) is 0. The van der Waals surface area contributed by atoms with Gasteiger partial charge in [0.05, 0.1) is 12.2 Å². The van der Waals surface area contributed by atoms with Gasteiger partial charge in [-0.25, -0.2) is 0 Å². The molecule has 4 heteroatoms. The minimum absolute atomic E-state index is 0.560. The number of hydrogen-bond acceptors (Lipinski definition) is 3. The van der Waals surface area contributed by atoms with Crippen LogP contribution in [0.25, 0.3) is 0 Å². The van der Waals surface area contributed by atoms with E-state index in [0.717, 1.165) is 10.9 Å². The third-order valence-corrected chi connectivity index (χ3v) is 3.52. The van der Waals surface area contributed by atoms with Crippen LogP contribution in [0.3, 0.4) is 0 Å². The van der Waals surface area contributed by atoms with E-state index in [0.29, 0.717) is 17.9 Å². The average Bonchev–Trinajstić information content (AvgIpc) is 2.84. The number of nitrogens with zero attached hydrogens (tertiary/aromatic N) is 1. The van der Waals surface area contributed by atoms with Crippen LogP contribution in [0.1, 0.15) is 11.1 Å². The maximum atomic E-state index is 8.98. The molecule has 1 aromatic heterocycles. The minimum Gasteiger partial charge on any atom is -0.492 e. The van der Waals surface area contributed by atoms with Gasteiger partial charge in [0, 0.05) is 10.9 Å². The monoisotopic (exact) mass is 307 g/mol. The predicted molar refractivity (Wildman–Crippen MR) is 72.4 cm³/mol. The molecule has 0 aliphatic heterocycles. The Morgan fingerprint density at radius 1 is 1.35 bits per heavy atom. The number of nitriles is 1. The van der Waals surface area contributed by atoms with Gasteiger partial charge in [0.2, 0.25) is 0 Å². The zero-order valence-electron chi connectivity index (χ0n) is 9.02. The highest BCUT2D eigenvalue weighted by atomic mass is 79.9. The Kier molecular flexibility index (Phi) is 4.18. The molecule has 0 saturated heterocycles. The molecular weight excluding hydrogens is 298 g/mol. The van der Waals surface area contributed by atoms with Gasteiger partial charge in [0.1, 0.15) is 11.8 Å². The highest BCUT2D eigenvalue weighted by Crippen LogP contribution is 2.22. The number of rotatable bonds is 4. The normalized spacial score (nSPS) is 9.88. The van der Waals surface area contributed by atoms with Gasteiger partial charge in [0.15, 0.2) is 0 Å². The van der Waals surface area contributed by atoms with E-state index in [1.165, 1.54) is 5.56 Å². The summed E-state index contributed by atoms with van der Waals surface area (Å²) < 4.78 is 6.51. The molecule has 0 spiro atoms. The fourth-order valence-electron chi connectivity index (χ4n) is 1.43. The van der Waals surface area contributed by atoms with Gasteiger partial charge in [-0.15, -0.1) is 0 Å². The summed E-state index contributed by atoms with van der Waals surface area (Å²) in [5.74, 6) is 0.644. The second kappa shape index (κ2) is 5.85. The second-order valence-electron chi connectivity index (χ2n) is 3.48. The Morgan fingerprint density at radius 2 is 2.24 bits per heavy atom. The molecule has 2 aromatic rings. The smallest absolute Gasteiger partial charge is 0.137 e. The molecule has 0 radical (unpaired) electrons. The van der Waals surface area contributed by atoms with Crippen LogP contribution in [-0.4, -0.2) is 6.61 Å². The molecule has 17 heavy (non-hydrogen) atoms. The summed E-state index contributed by atoms with van der Waals surface area (Å²) in [6, 6.07) is 9.67. The van der Waals surface area contributed by atoms with Crippen LogP contribution in [0.4, 0.5) is 0 Å². The minimum atomic E-state index is 0.560. The zero-order valence-corrected chi connectivity index (χ0v) is 11.4. The Balaban J connectivity index is 1.97. The first-order chi connectivity index (χ1) is 8.29. The zero-order chi connectivity index (χ0) is 12.1. The predicted octanol–water partition coefficient (Wildman–Crippen LogP) is 4.00. The molecule has 0 fully saturated rings. The quantitative estimate of drug-likeness (QED) is 0.855. The standard InChI is InChI=1S/C13H10BrNOS/c14-12-1-2-13(11(7-12)8-15)16-5-3-10-4-6-17-9-10/h1-2,4,6-7,9H,3,5H2. The fourth-order valence-corrected chi connectivity index (χ4v) is 2.49. The third-order valence-electron chi connectivity index (χ3n) is 2.29. The van der Waals surface area contributed by atoms with Crippen molar-refractivity contribution >= 4 is 27.3 Å². The molecule has 0 aliphatic carbocycles. The molecule has 0 amide bonds. The van der Waals surface area contributed by atoms with E-state index in [2.05, 4.69) is 38.8 Å². The fraction of sp³-hybridized carbons (Fsp3) is 0.154. The summed E-state index contributed by atoms with van der Waals surface area (Å²) in [6.07, 6.45) is 0.866. The lowest BCUT2D eigenvalue weighted by atomic mass is 10.2. The van der Waals surface area contributed by atoms with Gasteiger partial charge in [-0.1, -0.05) is 15.9 Å². The molecule has 1 heterocycles. The SMILES string of the molecule is N#Cc1cc(Br)ccc1OCCc1ccsc1. The topological polar surface area (TPSA) is 33.0 Å². The Labute approximate surface area is 113 Å². The number of benzene rings is 1. The van der Waals surface area contributed by atoms with Gasteiger partial charge in [0.25, 0.3) is 0 Å². The molecule has 0 saturated carbocycles. The van der Waals surface area contributed by atoms with Crippen LogP contribution in [0, 0.1) is 11.3 Å². The van der Waals surface area contributed by atoms with Crippen molar-refractivity contribution in [2.24, 2.45) is 0 Å². The van der Waals surface area contributed by atoms with Crippen molar-refractivity contribution in [3.63, 3.8) is 0 Å². The number of thiophene rings is 1. The molecule has 2 rings (SSSR count). The van der Waals surface area contributed by atoms with Gasteiger partial charge in [-0.3, -0.25) is 0 Å². The maximum Gasteiger partial charge on any atom is 0.137 e. The Morgan fingerprint density at radius 3 is 2.94 bits per heavy atom. The molecular formula is C13H10BrNOS. The molecule has 0 unspecified atom stereocenters. The molecule has 86 valence electrons. The van der Waals surface area contributed by atoms with Crippen LogP contribution in [0.2, 0.25) is 0 Å². The van der Waals surface area contributed by atoms with E-state index in [4.69, 9.17) is 10.00 Å². The maximum absolute atomic E-state index is 8.98. The number of halogens is 1. The van der Waals surface area contributed by atoms with Crippen molar-refractivity contribution in [3.8, 4) is 11.8 Å². The molecule has 0 bridgehead atoms. The van der Waals surface area contributed by atoms with Crippen molar-refractivity contribution < 1.29 is 4.74 Å². The third kappa shape index (κ3) is 3.32. The van der Waals surface area contributed by atoms with E-state index >= 15 is 0 Å². The summed E-state index contributed by atoms with van der Waals surface area (Å²) in [6.45, 7) is 0.590. The van der Waals surface area contributed by atoms with Crippen molar-refractivity contribution in [1.82, 2.24) is 0 Å². The average molecular weight is 308 g/mol. The van der Waals surface area contributed by atoms with Gasteiger partial charge in [-0.2, -0.15) is 16.6 Å². The Bertz CT molecular complexity index is 531. The molecule has 2 nitrogen and oxygen atoms in total. The van der Waals surface area contributed by atoms with Crippen LogP contribution in [0.15, 0.2) is 39.5 Å². The first-order valence-electron chi connectivity index (χ1n) is 5.13. The number of hydrogen-bond donors (Lipinski definition) is 0. The first-order valence-corrected chi connectivity index (χ1v) is 6.86. The van der Waals surface area contributed by atoms with E-state index in [9.17, 15) is 0 Å². The molecule has 0 atom stereocenters. The van der Waals surface area contributed by atoms with Crippen molar-refractivity contribution in [1.29, 1.82) is 5.26 Å². The van der Waals surface area contributed by atoms with Gasteiger partial charge in [-0.05, 0) is 40.6 Å². The van der Waals surface area contributed by atoms with E-state index in [-0.39, 0.29) is 0 Å². The Hall–Kier alpha value is -1.31. The number of ether oxygens (including phenoxy) is 1. The summed E-state index contributed by atoms with van der Waals surface area (Å²) in [7, 11) is 0. The molecule has 0 N–H and O–H groups in total. The lowest BCUT2D eigenvalue weighted by Crippen LogP contribution is -2.01. The van der Waals surface area contributed by atoms with E-state index < -0.39 is 0 Å². The lowest BCUT2D eigenvalue weighted by molar-refractivity contribution is 0.321. The van der Waals surface area contributed by atoms with Crippen molar-refractivity contribution in [3.05, 3.63) is 50.6 Å².